The molecule has 1 aromatic rings. The van der Waals surface area contributed by atoms with Crippen LogP contribution in [-0.4, -0.2) is 36.8 Å². The van der Waals surface area contributed by atoms with Crippen molar-refractivity contribution in [1.82, 2.24) is 10.6 Å². The van der Waals surface area contributed by atoms with Gasteiger partial charge in [-0.05, 0) is 30.7 Å². The van der Waals surface area contributed by atoms with Gasteiger partial charge in [0.25, 0.3) is 0 Å². The Hall–Kier alpha value is -1.39. The van der Waals surface area contributed by atoms with E-state index in [0.29, 0.717) is 5.92 Å². The van der Waals surface area contributed by atoms with Crippen molar-refractivity contribution in [2.24, 2.45) is 5.92 Å². The largest absolute Gasteiger partial charge is 0.395 e. The van der Waals surface area contributed by atoms with E-state index in [-0.39, 0.29) is 25.1 Å². The molecule has 0 bridgehead atoms. The molecule has 1 aromatic carbocycles. The lowest BCUT2D eigenvalue weighted by atomic mass is 10.1. The number of nitrogens with one attached hydrogen (secondary N) is 2. The third kappa shape index (κ3) is 5.41. The predicted octanol–water partition coefficient (Wildman–Crippen LogP) is 0.706. The molecule has 1 aliphatic carbocycles. The Morgan fingerprint density at radius 3 is 2.68 bits per heavy atom. The van der Waals surface area contributed by atoms with Gasteiger partial charge >= 0.3 is 0 Å². The number of benzene rings is 1. The number of hydrogen-bond acceptors (Lipinski definition) is 3. The second-order valence-electron chi connectivity index (χ2n) is 5.20. The molecule has 4 heteroatoms. The van der Waals surface area contributed by atoms with Crippen molar-refractivity contribution in [3.8, 4) is 0 Å². The Kier molecular flexibility index (Phi) is 5.36. The van der Waals surface area contributed by atoms with E-state index in [1.807, 2.05) is 30.3 Å². The molecule has 0 heterocycles. The molecule has 0 aromatic heterocycles. The molecule has 1 aliphatic rings. The minimum Gasteiger partial charge on any atom is -0.395 e. The monoisotopic (exact) mass is 262 g/mol. The molecule has 2 rings (SSSR count). The first-order valence-electron chi connectivity index (χ1n) is 6.93. The molecular weight excluding hydrogens is 240 g/mol. The average molecular weight is 262 g/mol. The highest BCUT2D eigenvalue weighted by atomic mass is 16.3. The Balaban J connectivity index is 1.67. The fraction of sp³-hybridized carbons (Fsp3) is 0.533. The van der Waals surface area contributed by atoms with E-state index in [1.54, 1.807) is 0 Å². The number of rotatable bonds is 8. The van der Waals surface area contributed by atoms with Crippen LogP contribution >= 0.6 is 0 Å². The van der Waals surface area contributed by atoms with Gasteiger partial charge in [-0.25, -0.2) is 0 Å². The number of carbonyl (C=O) groups is 1. The van der Waals surface area contributed by atoms with Crippen molar-refractivity contribution in [2.45, 2.75) is 25.3 Å². The highest BCUT2D eigenvalue weighted by Gasteiger charge is 2.21. The van der Waals surface area contributed by atoms with Crippen molar-refractivity contribution in [3.05, 3.63) is 35.9 Å². The summed E-state index contributed by atoms with van der Waals surface area (Å²) >= 11 is 0. The summed E-state index contributed by atoms with van der Waals surface area (Å²) in [5.41, 5.74) is 1.16. The maximum absolute atomic E-state index is 11.6. The van der Waals surface area contributed by atoms with Crippen molar-refractivity contribution < 1.29 is 9.90 Å². The predicted molar refractivity (Wildman–Crippen MR) is 74.8 cm³/mol. The van der Waals surface area contributed by atoms with Gasteiger partial charge in [0.1, 0.15) is 0 Å². The highest BCUT2D eigenvalue weighted by Crippen LogP contribution is 2.27. The summed E-state index contributed by atoms with van der Waals surface area (Å²) in [6.45, 7) is 1.10. The molecule has 0 saturated heterocycles. The van der Waals surface area contributed by atoms with Crippen molar-refractivity contribution in [1.29, 1.82) is 0 Å². The van der Waals surface area contributed by atoms with Crippen LogP contribution < -0.4 is 10.6 Å². The number of aliphatic hydroxyl groups is 1. The normalized spacial score (nSPS) is 16.1. The van der Waals surface area contributed by atoms with Crippen molar-refractivity contribution in [3.63, 3.8) is 0 Å². The number of carbonyl (C=O) groups excluding carboxylic acids is 1. The summed E-state index contributed by atoms with van der Waals surface area (Å²) in [5.74, 6) is 0.709. The zero-order chi connectivity index (χ0) is 13.5. The maximum atomic E-state index is 11.6. The Labute approximate surface area is 114 Å². The SMILES string of the molecule is O=C(CNC(CO)Cc1ccccc1)NCC1CC1. The van der Waals surface area contributed by atoms with Gasteiger partial charge in [-0.15, -0.1) is 0 Å². The molecule has 3 N–H and O–H groups in total. The molecule has 0 spiro atoms. The first-order valence-corrected chi connectivity index (χ1v) is 6.93. The third-order valence-corrected chi connectivity index (χ3v) is 3.38. The zero-order valence-corrected chi connectivity index (χ0v) is 11.1. The van der Waals surface area contributed by atoms with E-state index < -0.39 is 0 Å². The molecule has 19 heavy (non-hydrogen) atoms. The lowest BCUT2D eigenvalue weighted by molar-refractivity contribution is -0.120. The van der Waals surface area contributed by atoms with Crippen molar-refractivity contribution >= 4 is 5.91 Å². The van der Waals surface area contributed by atoms with E-state index in [1.165, 1.54) is 12.8 Å². The summed E-state index contributed by atoms with van der Waals surface area (Å²) in [5, 5.41) is 15.3. The van der Waals surface area contributed by atoms with Crippen LogP contribution in [0.2, 0.25) is 0 Å². The number of hydrogen-bond donors (Lipinski definition) is 3. The third-order valence-electron chi connectivity index (χ3n) is 3.38. The summed E-state index contributed by atoms with van der Waals surface area (Å²) < 4.78 is 0. The van der Waals surface area contributed by atoms with Crippen LogP contribution in [0, 0.1) is 5.92 Å². The Bertz CT molecular complexity index is 390. The number of amides is 1. The average Bonchev–Trinajstić information content (AvgIpc) is 3.26. The standard InChI is InChI=1S/C15H22N2O2/c18-11-14(8-12-4-2-1-3-5-12)16-10-15(19)17-9-13-6-7-13/h1-5,13-14,16,18H,6-11H2,(H,17,19). The van der Waals surface area contributed by atoms with E-state index in [0.717, 1.165) is 18.5 Å². The van der Waals surface area contributed by atoms with Gasteiger partial charge < -0.3 is 15.7 Å². The zero-order valence-electron chi connectivity index (χ0n) is 11.1. The van der Waals surface area contributed by atoms with E-state index in [9.17, 15) is 9.90 Å². The lowest BCUT2D eigenvalue weighted by Gasteiger charge is -2.16. The molecular formula is C15H22N2O2. The van der Waals surface area contributed by atoms with Gasteiger partial charge in [0.05, 0.1) is 13.2 Å². The Morgan fingerprint density at radius 1 is 1.32 bits per heavy atom. The molecule has 0 radical (unpaired) electrons. The van der Waals surface area contributed by atoms with Crippen LogP contribution in [0.1, 0.15) is 18.4 Å². The van der Waals surface area contributed by atoms with Crippen LogP contribution in [0.4, 0.5) is 0 Å². The molecule has 1 amide bonds. The van der Waals surface area contributed by atoms with Gasteiger partial charge in [-0.1, -0.05) is 30.3 Å². The molecule has 4 nitrogen and oxygen atoms in total. The van der Waals surface area contributed by atoms with Gasteiger partial charge in [-0.2, -0.15) is 0 Å². The molecule has 1 unspecified atom stereocenters. The maximum Gasteiger partial charge on any atom is 0.233 e. The van der Waals surface area contributed by atoms with Crippen LogP contribution in [0.5, 0.6) is 0 Å². The quantitative estimate of drug-likeness (QED) is 0.646. The topological polar surface area (TPSA) is 61.4 Å². The van der Waals surface area contributed by atoms with E-state index >= 15 is 0 Å². The molecule has 104 valence electrons. The fourth-order valence-electron chi connectivity index (χ4n) is 1.98. The summed E-state index contributed by atoms with van der Waals surface area (Å²) in [6.07, 6.45) is 3.20. The van der Waals surface area contributed by atoms with Crippen molar-refractivity contribution in [2.75, 3.05) is 19.7 Å². The molecule has 1 atom stereocenters. The van der Waals surface area contributed by atoms with Gasteiger partial charge in [0, 0.05) is 12.6 Å². The van der Waals surface area contributed by atoms with Gasteiger partial charge in [0.15, 0.2) is 0 Å². The van der Waals surface area contributed by atoms with Crippen LogP contribution in [0.3, 0.4) is 0 Å². The fourth-order valence-corrected chi connectivity index (χ4v) is 1.98. The van der Waals surface area contributed by atoms with E-state index in [2.05, 4.69) is 10.6 Å². The number of aliphatic hydroxyl groups excluding tert-OH is 1. The summed E-state index contributed by atoms with van der Waals surface area (Å²) in [4.78, 5) is 11.6. The van der Waals surface area contributed by atoms with Crippen LogP contribution in [0.25, 0.3) is 0 Å². The van der Waals surface area contributed by atoms with Gasteiger partial charge in [0.2, 0.25) is 5.91 Å². The first-order chi connectivity index (χ1) is 9.28. The minimum atomic E-state index is -0.0749. The summed E-state index contributed by atoms with van der Waals surface area (Å²) in [6, 6.07) is 9.90. The van der Waals surface area contributed by atoms with E-state index in [4.69, 9.17) is 0 Å². The summed E-state index contributed by atoms with van der Waals surface area (Å²) in [7, 11) is 0. The lowest BCUT2D eigenvalue weighted by Crippen LogP contribution is -2.42. The highest BCUT2D eigenvalue weighted by molar-refractivity contribution is 5.78. The second-order valence-corrected chi connectivity index (χ2v) is 5.20. The molecule has 1 saturated carbocycles. The Morgan fingerprint density at radius 2 is 2.05 bits per heavy atom. The smallest absolute Gasteiger partial charge is 0.233 e. The van der Waals surface area contributed by atoms with Crippen LogP contribution in [-0.2, 0) is 11.2 Å². The second kappa shape index (κ2) is 7.26. The van der Waals surface area contributed by atoms with Crippen LogP contribution in [0.15, 0.2) is 30.3 Å². The molecule has 0 aliphatic heterocycles. The first kappa shape index (κ1) is 14.0. The van der Waals surface area contributed by atoms with Gasteiger partial charge in [-0.3, -0.25) is 4.79 Å². The molecule has 1 fully saturated rings. The minimum absolute atomic E-state index is 0.0124.